The molecule has 1 aromatic carbocycles. The van der Waals surface area contributed by atoms with Gasteiger partial charge in [-0.05, 0) is 18.4 Å². The first kappa shape index (κ1) is 8.49. The molecule has 2 fully saturated rings. The number of hydrogen-bond donors (Lipinski definition) is 0. The Hall–Kier alpha value is -0.820. The van der Waals surface area contributed by atoms with Crippen LogP contribution < -0.4 is 0 Å². The van der Waals surface area contributed by atoms with Crippen molar-refractivity contribution >= 4 is 0 Å². The Labute approximate surface area is 85.1 Å². The first-order valence-electron chi connectivity index (χ1n) is 5.63. The van der Waals surface area contributed by atoms with Crippen molar-refractivity contribution in [1.82, 2.24) is 0 Å². The molecule has 0 bridgehead atoms. The molecule has 1 aliphatic carbocycles. The van der Waals surface area contributed by atoms with Gasteiger partial charge in [-0.2, -0.15) is 0 Å². The van der Waals surface area contributed by atoms with Gasteiger partial charge in [-0.3, -0.25) is 0 Å². The molecule has 0 aromatic heterocycles. The molecule has 74 valence electrons. The summed E-state index contributed by atoms with van der Waals surface area (Å²) in [5, 5.41) is 0. The molecule has 1 aromatic rings. The molecular weight excluding hydrogens is 172 g/mol. The van der Waals surface area contributed by atoms with Gasteiger partial charge in [0, 0.05) is 0 Å². The SMILES string of the molecule is c1ccc([C@@H]2OC23CCCCC3)cc1. The van der Waals surface area contributed by atoms with Gasteiger partial charge in [0.2, 0.25) is 0 Å². The minimum atomic E-state index is 0.250. The molecule has 1 heteroatoms. The van der Waals surface area contributed by atoms with Crippen molar-refractivity contribution in [2.45, 2.75) is 43.8 Å². The van der Waals surface area contributed by atoms with Gasteiger partial charge in [0.05, 0.1) is 5.60 Å². The summed E-state index contributed by atoms with van der Waals surface area (Å²) in [4.78, 5) is 0. The van der Waals surface area contributed by atoms with E-state index in [0.29, 0.717) is 6.10 Å². The van der Waals surface area contributed by atoms with Crippen molar-refractivity contribution in [2.24, 2.45) is 0 Å². The number of ether oxygens (including phenoxy) is 1. The van der Waals surface area contributed by atoms with Gasteiger partial charge in [0.15, 0.2) is 0 Å². The fraction of sp³-hybridized carbons (Fsp3) is 0.538. The fourth-order valence-corrected chi connectivity index (χ4v) is 2.73. The van der Waals surface area contributed by atoms with Crippen LogP contribution in [0.2, 0.25) is 0 Å². The van der Waals surface area contributed by atoms with Gasteiger partial charge < -0.3 is 4.74 Å². The second kappa shape index (κ2) is 3.09. The second-order valence-corrected chi connectivity index (χ2v) is 4.53. The smallest absolute Gasteiger partial charge is 0.112 e. The van der Waals surface area contributed by atoms with E-state index in [0.717, 1.165) is 0 Å². The third kappa shape index (κ3) is 1.27. The van der Waals surface area contributed by atoms with Crippen molar-refractivity contribution in [2.75, 3.05) is 0 Å². The zero-order chi connectivity index (χ0) is 9.43. The Balaban J connectivity index is 1.78. The lowest BCUT2D eigenvalue weighted by Crippen LogP contribution is -2.16. The molecule has 1 spiro atoms. The Kier molecular flexibility index (Phi) is 1.88. The third-order valence-corrected chi connectivity index (χ3v) is 3.58. The van der Waals surface area contributed by atoms with E-state index in [1.165, 1.54) is 37.7 Å². The van der Waals surface area contributed by atoms with E-state index >= 15 is 0 Å². The van der Waals surface area contributed by atoms with E-state index in [2.05, 4.69) is 30.3 Å². The minimum absolute atomic E-state index is 0.250. The summed E-state index contributed by atoms with van der Waals surface area (Å²) < 4.78 is 5.93. The van der Waals surface area contributed by atoms with E-state index < -0.39 is 0 Å². The summed E-state index contributed by atoms with van der Waals surface area (Å²) in [6.07, 6.45) is 7.04. The van der Waals surface area contributed by atoms with Crippen LogP contribution >= 0.6 is 0 Å². The van der Waals surface area contributed by atoms with Crippen LogP contribution in [0.5, 0.6) is 0 Å². The normalized spacial score (nSPS) is 29.0. The highest BCUT2D eigenvalue weighted by Crippen LogP contribution is 2.57. The number of benzene rings is 1. The van der Waals surface area contributed by atoms with Gasteiger partial charge in [-0.15, -0.1) is 0 Å². The average molecular weight is 188 g/mol. The molecule has 0 amide bonds. The second-order valence-electron chi connectivity index (χ2n) is 4.53. The molecular formula is C13H16O. The maximum Gasteiger partial charge on any atom is 0.112 e. The van der Waals surface area contributed by atoms with Crippen LogP contribution in [0.15, 0.2) is 30.3 Å². The molecule has 1 saturated carbocycles. The lowest BCUT2D eigenvalue weighted by Gasteiger charge is -2.18. The van der Waals surface area contributed by atoms with E-state index in [1.807, 2.05) is 0 Å². The molecule has 0 unspecified atom stereocenters. The zero-order valence-corrected chi connectivity index (χ0v) is 8.41. The maximum atomic E-state index is 5.93. The van der Waals surface area contributed by atoms with E-state index in [1.54, 1.807) is 0 Å². The van der Waals surface area contributed by atoms with Gasteiger partial charge in [-0.1, -0.05) is 49.6 Å². The molecule has 1 nitrogen and oxygen atoms in total. The standard InChI is InChI=1S/C13H16O/c1-3-7-11(8-4-1)12-13(14-12)9-5-2-6-10-13/h1,3-4,7-8,12H,2,5-6,9-10H2/t12-/m0/s1. The van der Waals surface area contributed by atoms with Gasteiger partial charge in [0.1, 0.15) is 6.10 Å². The highest BCUT2D eigenvalue weighted by Gasteiger charge is 2.56. The fourth-order valence-electron chi connectivity index (χ4n) is 2.73. The Morgan fingerprint density at radius 3 is 2.43 bits per heavy atom. The summed E-state index contributed by atoms with van der Waals surface area (Å²) >= 11 is 0. The first-order valence-corrected chi connectivity index (χ1v) is 5.63. The van der Waals surface area contributed by atoms with E-state index in [4.69, 9.17) is 4.74 Å². The number of rotatable bonds is 1. The molecule has 1 heterocycles. The number of epoxide rings is 1. The first-order chi connectivity index (χ1) is 6.91. The Morgan fingerprint density at radius 2 is 1.71 bits per heavy atom. The van der Waals surface area contributed by atoms with Crippen LogP contribution in [0.3, 0.4) is 0 Å². The van der Waals surface area contributed by atoms with E-state index in [9.17, 15) is 0 Å². The largest absolute Gasteiger partial charge is 0.361 e. The lowest BCUT2D eigenvalue weighted by molar-refractivity contribution is 0.233. The van der Waals surface area contributed by atoms with Crippen molar-refractivity contribution in [3.8, 4) is 0 Å². The Bertz CT molecular complexity index is 311. The molecule has 3 rings (SSSR count). The number of hydrogen-bond acceptors (Lipinski definition) is 1. The van der Waals surface area contributed by atoms with Gasteiger partial charge in [0.25, 0.3) is 0 Å². The summed E-state index contributed by atoms with van der Waals surface area (Å²) in [6, 6.07) is 10.7. The monoisotopic (exact) mass is 188 g/mol. The highest BCUT2D eigenvalue weighted by atomic mass is 16.6. The predicted octanol–water partition coefficient (Wildman–Crippen LogP) is 3.46. The minimum Gasteiger partial charge on any atom is -0.361 e. The van der Waals surface area contributed by atoms with E-state index in [-0.39, 0.29) is 5.60 Å². The highest BCUT2D eigenvalue weighted by molar-refractivity contribution is 5.26. The molecule has 0 radical (unpaired) electrons. The molecule has 1 aliphatic heterocycles. The molecule has 0 N–H and O–H groups in total. The van der Waals surface area contributed by atoms with Crippen molar-refractivity contribution < 1.29 is 4.74 Å². The molecule has 2 aliphatic rings. The average Bonchev–Trinajstić information content (AvgIpc) is 2.95. The molecule has 14 heavy (non-hydrogen) atoms. The maximum absolute atomic E-state index is 5.93. The lowest BCUT2D eigenvalue weighted by atomic mass is 9.84. The molecule has 1 saturated heterocycles. The summed E-state index contributed by atoms with van der Waals surface area (Å²) in [6.45, 7) is 0. The molecule has 1 atom stereocenters. The Morgan fingerprint density at radius 1 is 1.00 bits per heavy atom. The topological polar surface area (TPSA) is 12.5 Å². The third-order valence-electron chi connectivity index (χ3n) is 3.58. The zero-order valence-electron chi connectivity index (χ0n) is 8.41. The summed E-state index contributed by atoms with van der Waals surface area (Å²) in [5.74, 6) is 0. The summed E-state index contributed by atoms with van der Waals surface area (Å²) in [5.41, 5.74) is 1.62. The van der Waals surface area contributed by atoms with Crippen LogP contribution in [0.1, 0.15) is 43.8 Å². The van der Waals surface area contributed by atoms with Crippen LogP contribution in [-0.2, 0) is 4.74 Å². The van der Waals surface area contributed by atoms with Crippen molar-refractivity contribution in [3.05, 3.63) is 35.9 Å². The van der Waals surface area contributed by atoms with Gasteiger partial charge in [-0.25, -0.2) is 0 Å². The van der Waals surface area contributed by atoms with Gasteiger partial charge >= 0.3 is 0 Å². The summed E-state index contributed by atoms with van der Waals surface area (Å²) in [7, 11) is 0. The van der Waals surface area contributed by atoms with Crippen LogP contribution in [0.25, 0.3) is 0 Å². The quantitative estimate of drug-likeness (QED) is 0.615. The van der Waals surface area contributed by atoms with Crippen LogP contribution in [0.4, 0.5) is 0 Å². The van der Waals surface area contributed by atoms with Crippen molar-refractivity contribution in [3.63, 3.8) is 0 Å². The van der Waals surface area contributed by atoms with Crippen LogP contribution in [-0.4, -0.2) is 5.60 Å². The van der Waals surface area contributed by atoms with Crippen LogP contribution in [0, 0.1) is 0 Å². The predicted molar refractivity (Wildman–Crippen MR) is 56.1 cm³/mol. The van der Waals surface area contributed by atoms with Crippen molar-refractivity contribution in [1.29, 1.82) is 0 Å².